The first-order valence-corrected chi connectivity index (χ1v) is 9.92. The predicted molar refractivity (Wildman–Crippen MR) is 113 cm³/mol. The van der Waals surface area contributed by atoms with Gasteiger partial charge in [-0.1, -0.05) is 18.2 Å². The molecule has 1 aromatic carbocycles. The maximum absolute atomic E-state index is 12.9. The number of amides is 2. The minimum atomic E-state index is -0.400. The van der Waals surface area contributed by atoms with Crippen LogP contribution in [0.25, 0.3) is 0 Å². The number of para-hydroxylation sites is 1. The lowest BCUT2D eigenvalue weighted by atomic mass is 10.1. The number of anilines is 1. The van der Waals surface area contributed by atoms with Crippen molar-refractivity contribution in [2.24, 2.45) is 7.05 Å². The third-order valence-electron chi connectivity index (χ3n) is 5.39. The summed E-state index contributed by atoms with van der Waals surface area (Å²) >= 11 is 0. The van der Waals surface area contributed by atoms with E-state index in [0.29, 0.717) is 32.7 Å². The molecule has 2 amide bonds. The molecule has 2 aromatic rings. The van der Waals surface area contributed by atoms with Gasteiger partial charge < -0.3 is 15.5 Å². The predicted octanol–water partition coefficient (Wildman–Crippen LogP) is 1.08. The third-order valence-corrected chi connectivity index (χ3v) is 5.39. The molecule has 2 N–H and O–H groups in total. The van der Waals surface area contributed by atoms with Gasteiger partial charge in [-0.3, -0.25) is 19.2 Å². The van der Waals surface area contributed by atoms with Crippen molar-refractivity contribution in [1.29, 1.82) is 0 Å². The van der Waals surface area contributed by atoms with Gasteiger partial charge in [0.25, 0.3) is 0 Å². The summed E-state index contributed by atoms with van der Waals surface area (Å²) in [5.74, 6) is 0.0192. The van der Waals surface area contributed by atoms with Gasteiger partial charge in [-0.2, -0.15) is 5.10 Å². The van der Waals surface area contributed by atoms with Crippen LogP contribution in [0.15, 0.2) is 30.6 Å². The van der Waals surface area contributed by atoms with E-state index in [0.717, 1.165) is 22.4 Å². The van der Waals surface area contributed by atoms with Gasteiger partial charge in [0.15, 0.2) is 0 Å². The van der Waals surface area contributed by atoms with Gasteiger partial charge in [-0.05, 0) is 32.0 Å². The minimum absolute atomic E-state index is 0.0226. The lowest BCUT2D eigenvalue weighted by molar-refractivity contribution is -0.135. The Hall–Kier alpha value is -2.71. The van der Waals surface area contributed by atoms with Gasteiger partial charge >= 0.3 is 0 Å². The molecule has 8 heteroatoms. The molecule has 2 heterocycles. The molecule has 0 spiro atoms. The first-order chi connectivity index (χ1) is 13.9. The lowest BCUT2D eigenvalue weighted by Crippen LogP contribution is -2.52. The Kier molecular flexibility index (Phi) is 6.66. The largest absolute Gasteiger partial charge is 0.338 e. The Morgan fingerprint density at radius 1 is 1.14 bits per heavy atom. The number of hydrogen-bond acceptors (Lipinski definition) is 5. The highest BCUT2D eigenvalue weighted by molar-refractivity contribution is 5.93. The van der Waals surface area contributed by atoms with Crippen molar-refractivity contribution in [3.63, 3.8) is 0 Å². The standard InChI is InChI=1S/C21H30N6O2/c1-15-6-5-7-16(2)19(15)24-18(28)14-26-8-10-27(11-9-26)21(29)20(22-3)17-12-23-25(4)13-17/h5-7,12-13,20,22H,8-11,14H2,1-4H3,(H,24,28). The third kappa shape index (κ3) is 5.02. The van der Waals surface area contributed by atoms with Gasteiger partial charge in [0.1, 0.15) is 6.04 Å². The van der Waals surface area contributed by atoms with Gasteiger partial charge in [0.2, 0.25) is 11.8 Å². The van der Waals surface area contributed by atoms with Gasteiger partial charge in [-0.25, -0.2) is 0 Å². The van der Waals surface area contributed by atoms with Gasteiger partial charge in [-0.15, -0.1) is 0 Å². The van der Waals surface area contributed by atoms with E-state index in [-0.39, 0.29) is 11.8 Å². The number of aryl methyl sites for hydroxylation is 3. The number of aromatic nitrogens is 2. The van der Waals surface area contributed by atoms with Crippen molar-refractivity contribution in [1.82, 2.24) is 24.9 Å². The van der Waals surface area contributed by atoms with E-state index in [1.165, 1.54) is 0 Å². The number of likely N-dealkylation sites (N-methyl/N-ethyl adjacent to an activating group) is 1. The number of piperazine rings is 1. The monoisotopic (exact) mass is 398 g/mol. The van der Waals surface area contributed by atoms with E-state index < -0.39 is 6.04 Å². The average Bonchev–Trinajstić information content (AvgIpc) is 3.12. The fourth-order valence-electron chi connectivity index (χ4n) is 3.72. The van der Waals surface area contributed by atoms with Gasteiger partial charge in [0.05, 0.1) is 12.7 Å². The number of carbonyl (C=O) groups is 2. The summed E-state index contributed by atoms with van der Waals surface area (Å²) in [6.07, 6.45) is 3.57. The number of benzene rings is 1. The van der Waals surface area contributed by atoms with Crippen LogP contribution in [0.5, 0.6) is 0 Å². The summed E-state index contributed by atoms with van der Waals surface area (Å²) in [6.45, 7) is 6.88. The number of nitrogens with one attached hydrogen (secondary N) is 2. The Balaban J connectivity index is 1.52. The average molecular weight is 399 g/mol. The maximum atomic E-state index is 12.9. The zero-order valence-electron chi connectivity index (χ0n) is 17.6. The molecule has 0 radical (unpaired) electrons. The second-order valence-electron chi connectivity index (χ2n) is 7.59. The molecule has 0 aliphatic carbocycles. The van der Waals surface area contributed by atoms with E-state index in [4.69, 9.17) is 0 Å². The van der Waals surface area contributed by atoms with Crippen molar-refractivity contribution in [2.75, 3.05) is 45.1 Å². The molecule has 1 atom stereocenters. The zero-order chi connectivity index (χ0) is 21.0. The van der Waals surface area contributed by atoms with E-state index in [2.05, 4.69) is 20.6 Å². The molecule has 1 unspecified atom stereocenters. The first kappa shape index (κ1) is 21.0. The Morgan fingerprint density at radius 2 is 1.79 bits per heavy atom. The molecular formula is C21H30N6O2. The summed E-state index contributed by atoms with van der Waals surface area (Å²) < 4.78 is 1.69. The van der Waals surface area contributed by atoms with Crippen molar-refractivity contribution in [3.05, 3.63) is 47.3 Å². The van der Waals surface area contributed by atoms with Crippen molar-refractivity contribution in [2.45, 2.75) is 19.9 Å². The Morgan fingerprint density at radius 3 is 2.34 bits per heavy atom. The summed E-state index contributed by atoms with van der Waals surface area (Å²) in [6, 6.07) is 5.57. The SMILES string of the molecule is CNC(C(=O)N1CCN(CC(=O)Nc2c(C)cccc2C)CC1)c1cnn(C)c1. The van der Waals surface area contributed by atoms with Crippen LogP contribution in [0.4, 0.5) is 5.69 Å². The van der Waals surface area contributed by atoms with E-state index in [1.807, 2.05) is 50.2 Å². The quantitative estimate of drug-likeness (QED) is 0.761. The fourth-order valence-corrected chi connectivity index (χ4v) is 3.72. The molecule has 0 saturated carbocycles. The maximum Gasteiger partial charge on any atom is 0.244 e. The highest BCUT2D eigenvalue weighted by atomic mass is 16.2. The molecule has 3 rings (SSSR count). The highest BCUT2D eigenvalue weighted by Gasteiger charge is 2.29. The molecule has 1 aliphatic heterocycles. The van der Waals surface area contributed by atoms with Crippen LogP contribution in [-0.2, 0) is 16.6 Å². The van der Waals surface area contributed by atoms with Crippen molar-refractivity contribution >= 4 is 17.5 Å². The van der Waals surface area contributed by atoms with Crippen LogP contribution in [0, 0.1) is 13.8 Å². The summed E-state index contributed by atoms with van der Waals surface area (Å²) in [4.78, 5) is 29.3. The molecule has 29 heavy (non-hydrogen) atoms. The first-order valence-electron chi connectivity index (χ1n) is 9.92. The van der Waals surface area contributed by atoms with Crippen molar-refractivity contribution in [3.8, 4) is 0 Å². The second-order valence-corrected chi connectivity index (χ2v) is 7.59. The fraction of sp³-hybridized carbons (Fsp3) is 0.476. The number of hydrogen-bond donors (Lipinski definition) is 2. The molecule has 1 aliphatic rings. The lowest BCUT2D eigenvalue weighted by Gasteiger charge is -2.36. The number of carbonyl (C=O) groups excluding carboxylic acids is 2. The number of rotatable bonds is 6. The Labute approximate surface area is 171 Å². The highest BCUT2D eigenvalue weighted by Crippen LogP contribution is 2.20. The van der Waals surface area contributed by atoms with Crippen LogP contribution in [-0.4, -0.2) is 71.2 Å². The van der Waals surface area contributed by atoms with Crippen LogP contribution in [0.1, 0.15) is 22.7 Å². The van der Waals surface area contributed by atoms with Crippen LogP contribution >= 0.6 is 0 Å². The molecule has 1 saturated heterocycles. The summed E-state index contributed by atoms with van der Waals surface area (Å²) in [7, 11) is 3.62. The number of nitrogens with zero attached hydrogens (tertiary/aromatic N) is 4. The molecule has 0 bridgehead atoms. The molecular weight excluding hydrogens is 368 g/mol. The van der Waals surface area contributed by atoms with E-state index in [9.17, 15) is 9.59 Å². The van der Waals surface area contributed by atoms with Gasteiger partial charge in [0, 0.05) is 50.7 Å². The van der Waals surface area contributed by atoms with Crippen molar-refractivity contribution < 1.29 is 9.59 Å². The molecule has 156 valence electrons. The second kappa shape index (κ2) is 9.19. The van der Waals surface area contributed by atoms with E-state index in [1.54, 1.807) is 17.9 Å². The normalized spacial score (nSPS) is 15.9. The zero-order valence-corrected chi connectivity index (χ0v) is 17.6. The van der Waals surface area contributed by atoms with Crippen LogP contribution in [0.3, 0.4) is 0 Å². The Bertz CT molecular complexity index is 850. The molecule has 1 fully saturated rings. The van der Waals surface area contributed by atoms with Crippen LogP contribution in [0.2, 0.25) is 0 Å². The summed E-state index contributed by atoms with van der Waals surface area (Å²) in [5, 5.41) is 10.3. The molecule has 8 nitrogen and oxygen atoms in total. The molecule has 1 aromatic heterocycles. The smallest absolute Gasteiger partial charge is 0.244 e. The minimum Gasteiger partial charge on any atom is -0.338 e. The van der Waals surface area contributed by atoms with E-state index >= 15 is 0 Å². The van der Waals surface area contributed by atoms with Crippen LogP contribution < -0.4 is 10.6 Å². The topological polar surface area (TPSA) is 82.5 Å². The summed E-state index contributed by atoms with van der Waals surface area (Å²) in [5.41, 5.74) is 3.86.